The van der Waals surface area contributed by atoms with Gasteiger partial charge in [-0.2, -0.15) is 0 Å². The van der Waals surface area contributed by atoms with Gasteiger partial charge >= 0.3 is 5.97 Å². The minimum Gasteiger partial charge on any atom is -0.465 e. The molecule has 3 heteroatoms. The Bertz CT molecular complexity index is 441. The zero-order valence-corrected chi connectivity index (χ0v) is 13.0. The fraction of sp³-hybridized carbons (Fsp3) is 0.588. The molecule has 0 aliphatic carbocycles. The number of hydrogen-bond acceptors (Lipinski definition) is 3. The minimum absolute atomic E-state index is 0.285. The Balaban J connectivity index is 2.62. The highest BCUT2D eigenvalue weighted by Crippen LogP contribution is 2.23. The Morgan fingerprint density at radius 2 is 1.80 bits per heavy atom. The fourth-order valence-electron chi connectivity index (χ4n) is 2.52. The van der Waals surface area contributed by atoms with Crippen LogP contribution >= 0.6 is 0 Å². The van der Waals surface area contributed by atoms with Gasteiger partial charge in [-0.15, -0.1) is 0 Å². The molecule has 0 radical (unpaired) electrons. The lowest BCUT2D eigenvalue weighted by atomic mass is 9.95. The van der Waals surface area contributed by atoms with Crippen LogP contribution in [-0.4, -0.2) is 13.1 Å². The van der Waals surface area contributed by atoms with E-state index >= 15 is 0 Å². The minimum atomic E-state index is -0.285. The second-order valence-corrected chi connectivity index (χ2v) is 5.32. The second kappa shape index (κ2) is 8.62. The Morgan fingerprint density at radius 1 is 1.15 bits per heavy atom. The van der Waals surface area contributed by atoms with Gasteiger partial charge < -0.3 is 10.5 Å². The zero-order chi connectivity index (χ0) is 15.0. The number of nitrogens with two attached hydrogens (primary N) is 1. The molecule has 3 nitrogen and oxygen atoms in total. The molecule has 0 heterocycles. The van der Waals surface area contributed by atoms with Crippen molar-refractivity contribution in [3.63, 3.8) is 0 Å². The maximum absolute atomic E-state index is 11.7. The van der Waals surface area contributed by atoms with Crippen LogP contribution in [0.3, 0.4) is 0 Å². The summed E-state index contributed by atoms with van der Waals surface area (Å²) in [6, 6.07) is 3.56. The summed E-state index contributed by atoms with van der Waals surface area (Å²) in [6.07, 6.45) is 8.47. The number of hydrogen-bond donors (Lipinski definition) is 1. The third-order valence-corrected chi connectivity index (χ3v) is 3.82. The van der Waals surface area contributed by atoms with E-state index in [1.54, 1.807) is 6.07 Å². The van der Waals surface area contributed by atoms with Gasteiger partial charge in [0.15, 0.2) is 0 Å². The van der Waals surface area contributed by atoms with Crippen molar-refractivity contribution in [1.29, 1.82) is 0 Å². The number of anilines is 1. The third-order valence-electron chi connectivity index (χ3n) is 3.82. The van der Waals surface area contributed by atoms with E-state index in [9.17, 15) is 4.79 Å². The van der Waals surface area contributed by atoms with E-state index in [0.717, 1.165) is 29.7 Å². The van der Waals surface area contributed by atoms with Crippen molar-refractivity contribution in [2.24, 2.45) is 0 Å². The first-order valence-corrected chi connectivity index (χ1v) is 7.58. The number of ether oxygens (including phenoxy) is 1. The van der Waals surface area contributed by atoms with Gasteiger partial charge in [-0.25, -0.2) is 4.79 Å². The average Bonchev–Trinajstić information content (AvgIpc) is 2.45. The van der Waals surface area contributed by atoms with Crippen molar-refractivity contribution in [3.8, 4) is 0 Å². The van der Waals surface area contributed by atoms with E-state index in [-0.39, 0.29) is 5.97 Å². The summed E-state index contributed by atoms with van der Waals surface area (Å²) in [6.45, 7) is 4.18. The molecule has 0 bridgehead atoms. The predicted molar refractivity (Wildman–Crippen MR) is 84.0 cm³/mol. The Labute approximate surface area is 122 Å². The van der Waals surface area contributed by atoms with Gasteiger partial charge in [0.1, 0.15) is 0 Å². The quantitative estimate of drug-likeness (QED) is 0.438. The molecule has 0 aromatic heterocycles. The lowest BCUT2D eigenvalue weighted by Crippen LogP contribution is -2.08. The van der Waals surface area contributed by atoms with Crippen molar-refractivity contribution in [2.45, 2.75) is 58.8 Å². The lowest BCUT2D eigenvalue weighted by molar-refractivity contribution is 0.0600. The molecule has 1 aromatic carbocycles. The van der Waals surface area contributed by atoms with Crippen molar-refractivity contribution in [3.05, 3.63) is 28.8 Å². The number of carbonyl (C=O) groups excluding carboxylic acids is 1. The molecule has 1 rings (SSSR count). The van der Waals surface area contributed by atoms with Gasteiger partial charge in [-0.3, -0.25) is 0 Å². The molecule has 0 spiro atoms. The lowest BCUT2D eigenvalue weighted by Gasteiger charge is -2.13. The molecule has 20 heavy (non-hydrogen) atoms. The van der Waals surface area contributed by atoms with Crippen LogP contribution < -0.4 is 5.73 Å². The number of benzene rings is 1. The van der Waals surface area contributed by atoms with E-state index in [1.165, 1.54) is 39.2 Å². The number of methoxy groups -OCH3 is 1. The number of unbranched alkanes of at least 4 members (excludes halogenated alkanes) is 5. The Kier molecular flexibility index (Phi) is 7.13. The van der Waals surface area contributed by atoms with Crippen molar-refractivity contribution < 1.29 is 9.53 Å². The molecular formula is C17H27NO2. The smallest absolute Gasteiger partial charge is 0.338 e. The topological polar surface area (TPSA) is 52.3 Å². The second-order valence-electron chi connectivity index (χ2n) is 5.32. The van der Waals surface area contributed by atoms with Crippen LogP contribution in [0.15, 0.2) is 12.1 Å². The van der Waals surface area contributed by atoms with Crippen molar-refractivity contribution >= 4 is 11.7 Å². The number of nitrogen functional groups attached to an aromatic ring is 1. The van der Waals surface area contributed by atoms with Gasteiger partial charge in [0.05, 0.1) is 12.7 Å². The molecule has 0 fully saturated rings. The van der Waals surface area contributed by atoms with Crippen LogP contribution in [0.2, 0.25) is 0 Å². The van der Waals surface area contributed by atoms with Crippen LogP contribution in [-0.2, 0) is 11.2 Å². The van der Waals surface area contributed by atoms with Gasteiger partial charge in [-0.1, -0.05) is 39.0 Å². The zero-order valence-electron chi connectivity index (χ0n) is 13.0. The van der Waals surface area contributed by atoms with Crippen LogP contribution in [0.1, 0.15) is 66.9 Å². The molecule has 0 atom stereocenters. The van der Waals surface area contributed by atoms with E-state index in [2.05, 4.69) is 6.92 Å². The average molecular weight is 277 g/mol. The van der Waals surface area contributed by atoms with E-state index < -0.39 is 0 Å². The van der Waals surface area contributed by atoms with Crippen molar-refractivity contribution in [1.82, 2.24) is 0 Å². The summed E-state index contributed by atoms with van der Waals surface area (Å²) in [5, 5.41) is 0. The van der Waals surface area contributed by atoms with E-state index in [0.29, 0.717) is 5.56 Å². The largest absolute Gasteiger partial charge is 0.465 e. The van der Waals surface area contributed by atoms with Gasteiger partial charge in [0, 0.05) is 5.69 Å². The Morgan fingerprint density at radius 3 is 2.45 bits per heavy atom. The maximum atomic E-state index is 11.7. The molecule has 0 saturated carbocycles. The van der Waals surface area contributed by atoms with Gasteiger partial charge in [-0.05, 0) is 43.0 Å². The summed E-state index contributed by atoms with van der Waals surface area (Å²) < 4.78 is 4.80. The highest BCUT2D eigenvalue weighted by atomic mass is 16.5. The molecule has 0 amide bonds. The first-order chi connectivity index (χ1) is 9.61. The summed E-state index contributed by atoms with van der Waals surface area (Å²) in [5.74, 6) is -0.285. The maximum Gasteiger partial charge on any atom is 0.338 e. The summed E-state index contributed by atoms with van der Waals surface area (Å²) in [7, 11) is 1.41. The molecule has 1 aromatic rings. The normalized spacial score (nSPS) is 10.6. The first-order valence-electron chi connectivity index (χ1n) is 7.58. The monoisotopic (exact) mass is 277 g/mol. The molecular weight excluding hydrogens is 250 g/mol. The van der Waals surface area contributed by atoms with Gasteiger partial charge in [0.2, 0.25) is 0 Å². The van der Waals surface area contributed by atoms with Crippen LogP contribution in [0, 0.1) is 6.92 Å². The molecule has 0 unspecified atom stereocenters. The SMILES string of the molecule is CCCCCCCCc1c(N)ccc(C(=O)OC)c1C. The molecule has 0 aliphatic heterocycles. The molecule has 0 saturated heterocycles. The predicted octanol–water partition coefficient (Wildman–Crippen LogP) is 4.27. The summed E-state index contributed by atoms with van der Waals surface area (Å²) in [5.41, 5.74) is 9.51. The highest BCUT2D eigenvalue weighted by molar-refractivity contribution is 5.92. The third kappa shape index (κ3) is 4.55. The van der Waals surface area contributed by atoms with E-state index in [4.69, 9.17) is 10.5 Å². The summed E-state index contributed by atoms with van der Waals surface area (Å²) >= 11 is 0. The molecule has 2 N–H and O–H groups in total. The standard InChI is InChI=1S/C17H27NO2/c1-4-5-6-7-8-9-10-14-13(2)15(17(19)20-3)11-12-16(14)18/h11-12H,4-10,18H2,1-3H3. The van der Waals surface area contributed by atoms with Crippen LogP contribution in [0.4, 0.5) is 5.69 Å². The van der Waals surface area contributed by atoms with E-state index in [1.807, 2.05) is 13.0 Å². The first kappa shape index (κ1) is 16.5. The molecule has 0 aliphatic rings. The molecule has 112 valence electrons. The number of esters is 1. The Hall–Kier alpha value is -1.51. The number of rotatable bonds is 8. The summed E-state index contributed by atoms with van der Waals surface area (Å²) in [4.78, 5) is 11.7. The fourth-order valence-corrected chi connectivity index (χ4v) is 2.52. The van der Waals surface area contributed by atoms with Crippen LogP contribution in [0.5, 0.6) is 0 Å². The van der Waals surface area contributed by atoms with Gasteiger partial charge in [0.25, 0.3) is 0 Å². The van der Waals surface area contributed by atoms with Crippen molar-refractivity contribution in [2.75, 3.05) is 12.8 Å². The van der Waals surface area contributed by atoms with Crippen LogP contribution in [0.25, 0.3) is 0 Å². The highest BCUT2D eigenvalue weighted by Gasteiger charge is 2.14. The number of carbonyl (C=O) groups is 1.